The third-order valence-electron chi connectivity index (χ3n) is 3.19. The highest BCUT2D eigenvalue weighted by Crippen LogP contribution is 2.29. The van der Waals surface area contributed by atoms with E-state index in [1.165, 1.54) is 0 Å². The van der Waals surface area contributed by atoms with Crippen LogP contribution in [-0.2, 0) is 4.74 Å². The summed E-state index contributed by atoms with van der Waals surface area (Å²) >= 11 is 0. The number of rotatable bonds is 4. The summed E-state index contributed by atoms with van der Waals surface area (Å²) in [6.07, 6.45) is 0. The lowest BCUT2D eigenvalue weighted by molar-refractivity contribution is 0.122. The molecule has 5 nitrogen and oxygen atoms in total. The molecule has 1 atom stereocenters. The van der Waals surface area contributed by atoms with E-state index in [0.717, 1.165) is 37.6 Å². The average Bonchev–Trinajstić information content (AvgIpc) is 2.46. The number of nitrogens with two attached hydrogens (primary N) is 1. The van der Waals surface area contributed by atoms with Crippen LogP contribution in [0.2, 0.25) is 0 Å². The van der Waals surface area contributed by atoms with Crippen LogP contribution in [0.4, 0.5) is 5.69 Å². The molecule has 0 bridgehead atoms. The van der Waals surface area contributed by atoms with Gasteiger partial charge in [0.2, 0.25) is 0 Å². The SMILES string of the molecule is COc1ccc(N2CCOCC2)cc1C(N)CO. The van der Waals surface area contributed by atoms with Gasteiger partial charge in [0.15, 0.2) is 0 Å². The van der Waals surface area contributed by atoms with E-state index in [4.69, 9.17) is 15.2 Å². The Balaban J connectivity index is 2.26. The van der Waals surface area contributed by atoms with E-state index >= 15 is 0 Å². The van der Waals surface area contributed by atoms with E-state index in [2.05, 4.69) is 4.90 Å². The number of methoxy groups -OCH3 is 1. The summed E-state index contributed by atoms with van der Waals surface area (Å²) in [4.78, 5) is 2.25. The van der Waals surface area contributed by atoms with E-state index in [0.29, 0.717) is 5.75 Å². The van der Waals surface area contributed by atoms with E-state index < -0.39 is 6.04 Å². The van der Waals surface area contributed by atoms with Crippen LogP contribution in [0, 0.1) is 0 Å². The molecule has 1 saturated heterocycles. The molecule has 0 saturated carbocycles. The Morgan fingerprint density at radius 3 is 2.78 bits per heavy atom. The van der Waals surface area contributed by atoms with Crippen LogP contribution in [0.15, 0.2) is 18.2 Å². The minimum atomic E-state index is -0.416. The average molecular weight is 252 g/mol. The van der Waals surface area contributed by atoms with Crippen molar-refractivity contribution >= 4 is 5.69 Å². The molecule has 3 N–H and O–H groups in total. The first-order valence-electron chi connectivity index (χ1n) is 6.13. The van der Waals surface area contributed by atoms with E-state index in [9.17, 15) is 5.11 Å². The lowest BCUT2D eigenvalue weighted by atomic mass is 10.1. The molecule has 1 unspecified atom stereocenters. The standard InChI is InChI=1S/C13H20N2O3/c1-17-13-3-2-10(8-11(13)12(14)9-16)15-4-6-18-7-5-15/h2-3,8,12,16H,4-7,9,14H2,1H3. The molecule has 18 heavy (non-hydrogen) atoms. The zero-order valence-electron chi connectivity index (χ0n) is 10.6. The number of nitrogens with zero attached hydrogens (tertiary/aromatic N) is 1. The van der Waals surface area contributed by atoms with Gasteiger partial charge in [0, 0.05) is 24.3 Å². The Kier molecular flexibility index (Phi) is 4.41. The zero-order valence-corrected chi connectivity index (χ0v) is 10.6. The minimum Gasteiger partial charge on any atom is -0.496 e. The van der Waals surface area contributed by atoms with Crippen molar-refractivity contribution in [2.24, 2.45) is 5.73 Å². The molecule has 0 aliphatic carbocycles. The second-order valence-corrected chi connectivity index (χ2v) is 4.31. The topological polar surface area (TPSA) is 68.0 Å². The Morgan fingerprint density at radius 1 is 1.44 bits per heavy atom. The number of benzene rings is 1. The maximum Gasteiger partial charge on any atom is 0.123 e. The predicted octanol–water partition coefficient (Wildman–Crippen LogP) is 0.524. The maximum absolute atomic E-state index is 9.20. The fourth-order valence-corrected chi connectivity index (χ4v) is 2.13. The van der Waals surface area contributed by atoms with Crippen molar-refractivity contribution in [1.29, 1.82) is 0 Å². The Labute approximate surface area is 107 Å². The van der Waals surface area contributed by atoms with Crippen LogP contribution < -0.4 is 15.4 Å². The highest BCUT2D eigenvalue weighted by atomic mass is 16.5. The summed E-state index contributed by atoms with van der Waals surface area (Å²) in [5.41, 5.74) is 7.83. The number of anilines is 1. The van der Waals surface area contributed by atoms with E-state index in [1.54, 1.807) is 7.11 Å². The number of morpholine rings is 1. The number of ether oxygens (including phenoxy) is 2. The van der Waals surface area contributed by atoms with Gasteiger partial charge in [-0.25, -0.2) is 0 Å². The van der Waals surface area contributed by atoms with Crippen LogP contribution in [0.1, 0.15) is 11.6 Å². The summed E-state index contributed by atoms with van der Waals surface area (Å²) < 4.78 is 10.6. The monoisotopic (exact) mass is 252 g/mol. The van der Waals surface area contributed by atoms with Crippen molar-refractivity contribution in [3.05, 3.63) is 23.8 Å². The Morgan fingerprint density at radius 2 is 2.17 bits per heavy atom. The van der Waals surface area contributed by atoms with Crippen molar-refractivity contribution in [3.8, 4) is 5.75 Å². The van der Waals surface area contributed by atoms with Crippen LogP contribution in [-0.4, -0.2) is 45.1 Å². The Hall–Kier alpha value is -1.30. The van der Waals surface area contributed by atoms with Gasteiger partial charge < -0.3 is 25.2 Å². The van der Waals surface area contributed by atoms with Gasteiger partial charge in [-0.05, 0) is 18.2 Å². The summed E-state index contributed by atoms with van der Waals surface area (Å²) in [7, 11) is 1.61. The molecular weight excluding hydrogens is 232 g/mol. The van der Waals surface area contributed by atoms with Gasteiger partial charge in [-0.15, -0.1) is 0 Å². The molecule has 0 aromatic heterocycles. The molecule has 100 valence electrons. The van der Waals surface area contributed by atoms with Crippen LogP contribution in [0.25, 0.3) is 0 Å². The van der Waals surface area contributed by atoms with Crippen molar-refractivity contribution in [3.63, 3.8) is 0 Å². The minimum absolute atomic E-state index is 0.0943. The van der Waals surface area contributed by atoms with E-state index in [-0.39, 0.29) is 6.61 Å². The van der Waals surface area contributed by atoms with Crippen molar-refractivity contribution in [2.75, 3.05) is 44.9 Å². The van der Waals surface area contributed by atoms with Gasteiger partial charge in [-0.1, -0.05) is 0 Å². The van der Waals surface area contributed by atoms with Gasteiger partial charge in [0.1, 0.15) is 5.75 Å². The molecule has 5 heteroatoms. The molecule has 1 heterocycles. The van der Waals surface area contributed by atoms with Crippen LogP contribution >= 0.6 is 0 Å². The lowest BCUT2D eigenvalue weighted by Gasteiger charge is -2.29. The first kappa shape index (κ1) is 13.1. The van der Waals surface area contributed by atoms with Gasteiger partial charge in [0.05, 0.1) is 33.0 Å². The summed E-state index contributed by atoms with van der Waals surface area (Å²) in [6.45, 7) is 3.14. The maximum atomic E-state index is 9.20. The fourth-order valence-electron chi connectivity index (χ4n) is 2.13. The van der Waals surface area contributed by atoms with Crippen LogP contribution in [0.3, 0.4) is 0 Å². The number of hydrogen-bond acceptors (Lipinski definition) is 5. The highest BCUT2D eigenvalue weighted by molar-refractivity contribution is 5.54. The second-order valence-electron chi connectivity index (χ2n) is 4.31. The third-order valence-corrected chi connectivity index (χ3v) is 3.19. The summed E-state index contributed by atoms with van der Waals surface area (Å²) in [6, 6.07) is 5.49. The molecule has 1 aliphatic heterocycles. The molecule has 2 rings (SSSR count). The first-order valence-corrected chi connectivity index (χ1v) is 6.13. The van der Waals surface area contributed by atoms with Crippen molar-refractivity contribution in [2.45, 2.75) is 6.04 Å². The molecule has 0 radical (unpaired) electrons. The fraction of sp³-hybridized carbons (Fsp3) is 0.538. The number of aliphatic hydroxyl groups is 1. The number of hydrogen-bond donors (Lipinski definition) is 2. The first-order chi connectivity index (χ1) is 8.76. The Bertz CT molecular complexity index is 392. The molecule has 0 spiro atoms. The van der Waals surface area contributed by atoms with Crippen molar-refractivity contribution < 1.29 is 14.6 Å². The normalized spacial score (nSPS) is 17.6. The van der Waals surface area contributed by atoms with Gasteiger partial charge in [-0.2, -0.15) is 0 Å². The molecule has 1 aliphatic rings. The summed E-state index contributed by atoms with van der Waals surface area (Å²) in [5, 5.41) is 9.20. The quantitative estimate of drug-likeness (QED) is 0.818. The zero-order chi connectivity index (χ0) is 13.0. The molecule has 1 aromatic carbocycles. The van der Waals surface area contributed by atoms with Gasteiger partial charge in [-0.3, -0.25) is 0 Å². The van der Waals surface area contributed by atoms with Gasteiger partial charge >= 0.3 is 0 Å². The molecule has 0 amide bonds. The number of aliphatic hydroxyl groups excluding tert-OH is 1. The summed E-state index contributed by atoms with van der Waals surface area (Å²) in [5.74, 6) is 0.716. The second kappa shape index (κ2) is 6.04. The van der Waals surface area contributed by atoms with E-state index in [1.807, 2.05) is 18.2 Å². The molecule has 1 aromatic rings. The lowest BCUT2D eigenvalue weighted by Crippen LogP contribution is -2.36. The van der Waals surface area contributed by atoms with Crippen LogP contribution in [0.5, 0.6) is 5.75 Å². The highest BCUT2D eigenvalue weighted by Gasteiger charge is 2.16. The third kappa shape index (κ3) is 2.75. The van der Waals surface area contributed by atoms with Gasteiger partial charge in [0.25, 0.3) is 0 Å². The van der Waals surface area contributed by atoms with Crippen molar-refractivity contribution in [1.82, 2.24) is 0 Å². The molecule has 1 fully saturated rings. The predicted molar refractivity (Wildman–Crippen MR) is 70.0 cm³/mol. The smallest absolute Gasteiger partial charge is 0.123 e. The largest absolute Gasteiger partial charge is 0.496 e. The molecular formula is C13H20N2O3.